The molecule has 1 aromatic carbocycles. The van der Waals surface area contributed by atoms with E-state index in [0.717, 1.165) is 18.0 Å². The van der Waals surface area contributed by atoms with Gasteiger partial charge in [-0.2, -0.15) is 0 Å². The lowest BCUT2D eigenvalue weighted by Gasteiger charge is -2.31. The third-order valence-corrected chi connectivity index (χ3v) is 4.61. The average Bonchev–Trinajstić information content (AvgIpc) is 2.63. The van der Waals surface area contributed by atoms with Gasteiger partial charge in [-0.15, -0.1) is 0 Å². The highest BCUT2D eigenvalue weighted by Gasteiger charge is 2.36. The fourth-order valence-corrected chi connectivity index (χ4v) is 3.70. The van der Waals surface area contributed by atoms with Crippen LogP contribution in [0.25, 0.3) is 0 Å². The van der Waals surface area contributed by atoms with Crippen molar-refractivity contribution in [2.24, 2.45) is 0 Å². The van der Waals surface area contributed by atoms with Crippen LogP contribution in [0, 0.1) is 0 Å². The monoisotopic (exact) mass is 265 g/mol. The molecule has 0 aliphatic carbocycles. The van der Waals surface area contributed by atoms with Gasteiger partial charge in [0.1, 0.15) is 0 Å². The molecule has 2 heteroatoms. The lowest BCUT2D eigenvalue weighted by molar-refractivity contribution is 0.358. The largest absolute Gasteiger partial charge is 0.311 e. The fraction of sp³-hybridized carbons (Fsp3) is 0.538. The summed E-state index contributed by atoms with van der Waals surface area (Å²) in [6.07, 6.45) is 5.44. The SMILES string of the molecule is Brc1ccccc1C1CCC2CCC1N2. The molecule has 3 unspecified atom stereocenters. The van der Waals surface area contributed by atoms with E-state index in [1.807, 2.05) is 0 Å². The number of piperidine rings is 1. The summed E-state index contributed by atoms with van der Waals surface area (Å²) >= 11 is 3.67. The molecule has 3 atom stereocenters. The standard InChI is InChI=1S/C13H16BrN/c14-12-4-2-1-3-10(12)11-7-5-9-6-8-13(11)15-9/h1-4,9,11,13,15H,5-8H2. The van der Waals surface area contributed by atoms with Gasteiger partial charge in [-0.05, 0) is 37.3 Å². The van der Waals surface area contributed by atoms with Crippen LogP contribution in [0.5, 0.6) is 0 Å². The van der Waals surface area contributed by atoms with Crippen LogP contribution in [-0.4, -0.2) is 12.1 Å². The van der Waals surface area contributed by atoms with Gasteiger partial charge in [-0.1, -0.05) is 34.1 Å². The van der Waals surface area contributed by atoms with Gasteiger partial charge >= 0.3 is 0 Å². The van der Waals surface area contributed by atoms with Crippen molar-refractivity contribution in [1.82, 2.24) is 5.32 Å². The van der Waals surface area contributed by atoms with Crippen molar-refractivity contribution in [3.05, 3.63) is 34.3 Å². The summed E-state index contributed by atoms with van der Waals surface area (Å²) in [5.41, 5.74) is 1.50. The quantitative estimate of drug-likeness (QED) is 0.821. The molecular weight excluding hydrogens is 250 g/mol. The van der Waals surface area contributed by atoms with E-state index in [2.05, 4.69) is 45.5 Å². The van der Waals surface area contributed by atoms with E-state index in [-0.39, 0.29) is 0 Å². The average molecular weight is 266 g/mol. The van der Waals surface area contributed by atoms with Crippen molar-refractivity contribution in [2.75, 3.05) is 0 Å². The molecule has 1 aromatic rings. The predicted molar refractivity (Wildman–Crippen MR) is 66.1 cm³/mol. The van der Waals surface area contributed by atoms with Crippen molar-refractivity contribution >= 4 is 15.9 Å². The Morgan fingerprint density at radius 2 is 1.87 bits per heavy atom. The number of halogens is 1. The third kappa shape index (κ3) is 1.74. The number of hydrogen-bond donors (Lipinski definition) is 1. The number of benzene rings is 1. The van der Waals surface area contributed by atoms with Gasteiger partial charge in [0.25, 0.3) is 0 Å². The van der Waals surface area contributed by atoms with Crippen LogP contribution in [0.4, 0.5) is 0 Å². The minimum atomic E-state index is 0.722. The van der Waals surface area contributed by atoms with Crippen molar-refractivity contribution in [3.63, 3.8) is 0 Å². The zero-order chi connectivity index (χ0) is 10.3. The fourth-order valence-electron chi connectivity index (χ4n) is 3.13. The first kappa shape index (κ1) is 9.86. The van der Waals surface area contributed by atoms with Crippen molar-refractivity contribution in [2.45, 2.75) is 43.7 Å². The van der Waals surface area contributed by atoms with Crippen LogP contribution in [0.2, 0.25) is 0 Å². The third-order valence-electron chi connectivity index (χ3n) is 3.89. The molecule has 0 spiro atoms. The molecule has 1 nitrogen and oxygen atoms in total. The first-order chi connectivity index (χ1) is 7.34. The molecule has 1 N–H and O–H groups in total. The zero-order valence-corrected chi connectivity index (χ0v) is 10.3. The second kappa shape index (κ2) is 3.91. The highest BCUT2D eigenvalue weighted by molar-refractivity contribution is 9.10. The number of nitrogens with one attached hydrogen (secondary N) is 1. The minimum absolute atomic E-state index is 0.722. The predicted octanol–water partition coefficient (Wildman–Crippen LogP) is 3.45. The van der Waals surface area contributed by atoms with Gasteiger partial charge in [0.15, 0.2) is 0 Å². The van der Waals surface area contributed by atoms with Gasteiger partial charge in [-0.3, -0.25) is 0 Å². The molecule has 0 saturated carbocycles. The topological polar surface area (TPSA) is 12.0 Å². The molecule has 0 radical (unpaired) electrons. The van der Waals surface area contributed by atoms with E-state index >= 15 is 0 Å². The Kier molecular flexibility index (Phi) is 2.57. The van der Waals surface area contributed by atoms with E-state index in [1.165, 1.54) is 35.7 Å². The molecule has 15 heavy (non-hydrogen) atoms. The molecule has 2 bridgehead atoms. The summed E-state index contributed by atoms with van der Waals surface area (Å²) in [6.45, 7) is 0. The molecule has 2 heterocycles. The van der Waals surface area contributed by atoms with Crippen LogP contribution in [0.3, 0.4) is 0 Å². The highest BCUT2D eigenvalue weighted by atomic mass is 79.9. The van der Waals surface area contributed by atoms with Gasteiger partial charge < -0.3 is 5.32 Å². The molecule has 2 aliphatic heterocycles. The zero-order valence-electron chi connectivity index (χ0n) is 8.75. The van der Waals surface area contributed by atoms with Crippen molar-refractivity contribution in [3.8, 4) is 0 Å². The molecule has 2 fully saturated rings. The Morgan fingerprint density at radius 1 is 1.07 bits per heavy atom. The van der Waals surface area contributed by atoms with Crippen LogP contribution in [-0.2, 0) is 0 Å². The van der Waals surface area contributed by atoms with Crippen LogP contribution in [0.15, 0.2) is 28.7 Å². The number of rotatable bonds is 1. The van der Waals surface area contributed by atoms with Crippen LogP contribution < -0.4 is 5.32 Å². The molecule has 3 rings (SSSR count). The van der Waals surface area contributed by atoms with E-state index in [9.17, 15) is 0 Å². The lowest BCUT2D eigenvalue weighted by Crippen LogP contribution is -2.39. The maximum absolute atomic E-state index is 3.75. The van der Waals surface area contributed by atoms with E-state index in [4.69, 9.17) is 0 Å². The van der Waals surface area contributed by atoms with E-state index in [0.29, 0.717) is 0 Å². The summed E-state index contributed by atoms with van der Waals surface area (Å²) in [5, 5.41) is 3.75. The Morgan fingerprint density at radius 3 is 2.73 bits per heavy atom. The van der Waals surface area contributed by atoms with Crippen molar-refractivity contribution < 1.29 is 0 Å². The molecule has 0 amide bonds. The Bertz CT molecular complexity index is 363. The first-order valence-electron chi connectivity index (χ1n) is 5.85. The molecule has 0 aromatic heterocycles. The highest BCUT2D eigenvalue weighted by Crippen LogP contribution is 2.39. The summed E-state index contributed by atoms with van der Waals surface area (Å²) in [4.78, 5) is 0. The van der Waals surface area contributed by atoms with Crippen molar-refractivity contribution in [1.29, 1.82) is 0 Å². The summed E-state index contributed by atoms with van der Waals surface area (Å²) in [5.74, 6) is 0.722. The van der Waals surface area contributed by atoms with E-state index in [1.54, 1.807) is 0 Å². The summed E-state index contributed by atoms with van der Waals surface area (Å²) < 4.78 is 1.28. The van der Waals surface area contributed by atoms with Gasteiger partial charge in [0.2, 0.25) is 0 Å². The smallest absolute Gasteiger partial charge is 0.0210 e. The summed E-state index contributed by atoms with van der Waals surface area (Å²) in [7, 11) is 0. The molecular formula is C13H16BrN. The van der Waals surface area contributed by atoms with Gasteiger partial charge in [0.05, 0.1) is 0 Å². The van der Waals surface area contributed by atoms with E-state index < -0.39 is 0 Å². The molecule has 2 aliphatic rings. The molecule has 80 valence electrons. The Balaban J connectivity index is 1.90. The van der Waals surface area contributed by atoms with Gasteiger partial charge in [0, 0.05) is 22.5 Å². The minimum Gasteiger partial charge on any atom is -0.311 e. The Labute approximate surface area is 99.4 Å². The van der Waals surface area contributed by atoms with Gasteiger partial charge in [-0.25, -0.2) is 0 Å². The van der Waals surface area contributed by atoms with Crippen LogP contribution in [0.1, 0.15) is 37.2 Å². The summed E-state index contributed by atoms with van der Waals surface area (Å²) in [6, 6.07) is 10.2. The second-order valence-electron chi connectivity index (χ2n) is 4.75. The normalized spacial score (nSPS) is 34.3. The second-order valence-corrected chi connectivity index (χ2v) is 5.61. The number of fused-ring (bicyclic) bond motifs is 2. The van der Waals surface area contributed by atoms with Crippen LogP contribution >= 0.6 is 15.9 Å². The lowest BCUT2D eigenvalue weighted by atomic mass is 9.86. The maximum atomic E-state index is 3.75. The Hall–Kier alpha value is -0.340. The maximum Gasteiger partial charge on any atom is 0.0210 e. The molecule has 2 saturated heterocycles. The number of hydrogen-bond acceptors (Lipinski definition) is 1. The first-order valence-corrected chi connectivity index (χ1v) is 6.64.